The molecule has 0 spiro atoms. The van der Waals surface area contributed by atoms with E-state index in [1.165, 1.54) is 0 Å². The maximum absolute atomic E-state index is 10.0. The molecule has 0 bridgehead atoms. The first kappa shape index (κ1) is 16.1. The van der Waals surface area contributed by atoms with Crippen molar-refractivity contribution in [3.05, 3.63) is 42.0 Å². The van der Waals surface area contributed by atoms with E-state index < -0.39 is 0 Å². The van der Waals surface area contributed by atoms with Crippen molar-refractivity contribution in [2.24, 2.45) is 0 Å². The molecule has 6 heteroatoms. The van der Waals surface area contributed by atoms with Crippen molar-refractivity contribution in [1.82, 2.24) is 0 Å². The Morgan fingerprint density at radius 1 is 1.00 bits per heavy atom. The zero-order valence-corrected chi connectivity index (χ0v) is 15.0. The summed E-state index contributed by atoms with van der Waals surface area (Å²) in [5, 5.41) is 15.6. The fourth-order valence-corrected chi connectivity index (χ4v) is 3.91. The molecule has 0 aliphatic carbocycles. The number of ether oxygens (including phenoxy) is 4. The lowest BCUT2D eigenvalue weighted by atomic mass is 9.87. The molecule has 1 atom stereocenters. The quantitative estimate of drug-likeness (QED) is 0.737. The van der Waals surface area contributed by atoms with Gasteiger partial charge in [0.15, 0.2) is 23.0 Å². The van der Waals surface area contributed by atoms with E-state index >= 15 is 0 Å². The highest BCUT2D eigenvalue weighted by Gasteiger charge is 2.28. The fraction of sp³-hybridized carbons (Fsp3) is 0.238. The highest BCUT2D eigenvalue weighted by atomic mass is 16.7. The van der Waals surface area contributed by atoms with Gasteiger partial charge in [0.2, 0.25) is 6.79 Å². The minimum atomic E-state index is -0.247. The molecule has 2 N–H and O–H groups in total. The fourth-order valence-electron chi connectivity index (χ4n) is 3.91. The summed E-state index contributed by atoms with van der Waals surface area (Å²) in [5.74, 6) is 2.79. The predicted octanol–water partition coefficient (Wildman–Crippen LogP) is 3.71. The largest absolute Gasteiger partial charge is 0.493 e. The average molecular weight is 365 g/mol. The molecule has 0 radical (unpaired) electrons. The van der Waals surface area contributed by atoms with Crippen molar-refractivity contribution in [1.29, 1.82) is 0 Å². The van der Waals surface area contributed by atoms with Crippen molar-refractivity contribution in [2.75, 3.05) is 32.9 Å². The van der Waals surface area contributed by atoms with Crippen LogP contribution in [0.3, 0.4) is 0 Å². The third kappa shape index (κ3) is 2.30. The molecule has 5 rings (SSSR count). The van der Waals surface area contributed by atoms with E-state index in [4.69, 9.17) is 18.9 Å². The lowest BCUT2D eigenvalue weighted by molar-refractivity contribution is 0.174. The number of nitrogens with one attached hydrogen (secondary N) is 1. The van der Waals surface area contributed by atoms with Gasteiger partial charge in [-0.3, -0.25) is 0 Å². The molecule has 0 aromatic heterocycles. The standard InChI is InChI=1S/C21H19NO5/c1-24-17-7-14-12-4-3-11-5-19-20(27-10-26-19)6-13(11)21(12)22-16(9-23)15(14)8-18(17)25-2/h3-8,16,22-23H,9-10H2,1-2H3. The van der Waals surface area contributed by atoms with Crippen LogP contribution >= 0.6 is 0 Å². The summed E-state index contributed by atoms with van der Waals surface area (Å²) in [4.78, 5) is 0. The van der Waals surface area contributed by atoms with Crippen molar-refractivity contribution in [3.63, 3.8) is 0 Å². The third-order valence-electron chi connectivity index (χ3n) is 5.24. The van der Waals surface area contributed by atoms with Gasteiger partial charge in [0.05, 0.1) is 32.6 Å². The molecular weight excluding hydrogens is 346 g/mol. The maximum Gasteiger partial charge on any atom is 0.231 e. The highest BCUT2D eigenvalue weighted by molar-refractivity contribution is 6.05. The van der Waals surface area contributed by atoms with Crippen LogP contribution in [-0.2, 0) is 0 Å². The van der Waals surface area contributed by atoms with Gasteiger partial charge in [-0.2, -0.15) is 0 Å². The van der Waals surface area contributed by atoms with E-state index in [-0.39, 0.29) is 19.4 Å². The molecule has 0 fully saturated rings. The summed E-state index contributed by atoms with van der Waals surface area (Å²) in [5.41, 5.74) is 3.99. The maximum atomic E-state index is 10.0. The van der Waals surface area contributed by atoms with Gasteiger partial charge >= 0.3 is 0 Å². The van der Waals surface area contributed by atoms with Crippen molar-refractivity contribution in [3.8, 4) is 34.1 Å². The van der Waals surface area contributed by atoms with Gasteiger partial charge < -0.3 is 29.4 Å². The summed E-state index contributed by atoms with van der Waals surface area (Å²) in [6.07, 6.45) is 0. The number of rotatable bonds is 3. The van der Waals surface area contributed by atoms with Gasteiger partial charge in [-0.05, 0) is 40.8 Å². The Morgan fingerprint density at radius 2 is 1.74 bits per heavy atom. The Bertz CT molecular complexity index is 1060. The first-order valence-electron chi connectivity index (χ1n) is 8.73. The van der Waals surface area contributed by atoms with Gasteiger partial charge in [0.1, 0.15) is 0 Å². The van der Waals surface area contributed by atoms with Crippen LogP contribution in [0, 0.1) is 0 Å². The van der Waals surface area contributed by atoms with Gasteiger partial charge in [-0.1, -0.05) is 12.1 Å². The second-order valence-electron chi connectivity index (χ2n) is 6.59. The summed E-state index contributed by atoms with van der Waals surface area (Å²) in [6, 6.07) is 11.8. The number of hydrogen-bond acceptors (Lipinski definition) is 6. The summed E-state index contributed by atoms with van der Waals surface area (Å²) >= 11 is 0. The normalized spacial score (nSPS) is 16.5. The van der Waals surface area contributed by atoms with E-state index in [1.54, 1.807) is 14.2 Å². The zero-order chi connectivity index (χ0) is 18.5. The van der Waals surface area contributed by atoms with Crippen molar-refractivity contribution >= 4 is 16.5 Å². The number of aliphatic hydroxyl groups excluding tert-OH is 1. The smallest absolute Gasteiger partial charge is 0.231 e. The van der Waals surface area contributed by atoms with Crippen molar-refractivity contribution in [2.45, 2.75) is 6.04 Å². The molecule has 27 heavy (non-hydrogen) atoms. The Labute approximate surface area is 156 Å². The Morgan fingerprint density at radius 3 is 2.48 bits per heavy atom. The second-order valence-corrected chi connectivity index (χ2v) is 6.59. The van der Waals surface area contributed by atoms with Crippen molar-refractivity contribution < 1.29 is 24.1 Å². The molecule has 2 aliphatic rings. The van der Waals surface area contributed by atoms with Gasteiger partial charge in [-0.25, -0.2) is 0 Å². The number of methoxy groups -OCH3 is 2. The first-order valence-corrected chi connectivity index (χ1v) is 8.73. The number of hydrogen-bond donors (Lipinski definition) is 2. The summed E-state index contributed by atoms with van der Waals surface area (Å²) in [7, 11) is 3.23. The number of anilines is 1. The van der Waals surface area contributed by atoms with Gasteiger partial charge in [0.25, 0.3) is 0 Å². The summed E-state index contributed by atoms with van der Waals surface area (Å²) < 4.78 is 22.0. The monoisotopic (exact) mass is 365 g/mol. The minimum absolute atomic E-state index is 0.0388. The molecule has 0 amide bonds. The zero-order valence-electron chi connectivity index (χ0n) is 15.0. The van der Waals surface area contributed by atoms with Crippen LogP contribution < -0.4 is 24.3 Å². The van der Waals surface area contributed by atoms with E-state index in [0.717, 1.165) is 44.6 Å². The Hall–Kier alpha value is -3.12. The van der Waals surface area contributed by atoms with Crippen LogP contribution in [0.25, 0.3) is 21.9 Å². The van der Waals surface area contributed by atoms with E-state index in [9.17, 15) is 5.11 Å². The number of fused-ring (bicyclic) bond motifs is 6. The van der Waals surface area contributed by atoms with Crippen LogP contribution in [-0.4, -0.2) is 32.7 Å². The number of benzene rings is 3. The van der Waals surface area contributed by atoms with Crippen LogP contribution in [0.4, 0.5) is 5.69 Å². The highest BCUT2D eigenvalue weighted by Crippen LogP contribution is 2.49. The molecule has 6 nitrogen and oxygen atoms in total. The topological polar surface area (TPSA) is 69.2 Å². The van der Waals surface area contributed by atoms with Gasteiger partial charge in [-0.15, -0.1) is 0 Å². The number of aliphatic hydroxyl groups is 1. The second kappa shape index (κ2) is 5.96. The van der Waals surface area contributed by atoms with Crippen LogP contribution in [0.15, 0.2) is 36.4 Å². The molecule has 2 aliphatic heterocycles. The van der Waals surface area contributed by atoms with Gasteiger partial charge in [0, 0.05) is 10.9 Å². The molecule has 3 aromatic rings. The molecule has 0 saturated carbocycles. The SMILES string of the molecule is COc1cc2c(cc1OC)C(CO)Nc1c-2ccc2cc3c(cc12)OCO3. The predicted molar refractivity (Wildman–Crippen MR) is 102 cm³/mol. The Balaban J connectivity index is 1.79. The molecule has 1 unspecified atom stereocenters. The average Bonchev–Trinajstić information content (AvgIpc) is 3.17. The molecule has 0 saturated heterocycles. The van der Waals surface area contributed by atoms with Crippen LogP contribution in [0.1, 0.15) is 11.6 Å². The molecule has 2 heterocycles. The van der Waals surface area contributed by atoms with Crippen LogP contribution in [0.5, 0.6) is 23.0 Å². The van der Waals surface area contributed by atoms with E-state index in [2.05, 4.69) is 17.4 Å². The van der Waals surface area contributed by atoms with Crippen LogP contribution in [0.2, 0.25) is 0 Å². The van der Waals surface area contributed by atoms with E-state index in [1.807, 2.05) is 24.3 Å². The minimum Gasteiger partial charge on any atom is -0.493 e. The third-order valence-corrected chi connectivity index (χ3v) is 5.24. The lowest BCUT2D eigenvalue weighted by Gasteiger charge is -2.30. The molecule has 3 aromatic carbocycles. The molecule has 138 valence electrons. The summed E-state index contributed by atoms with van der Waals surface area (Å²) in [6.45, 7) is 0.198. The molecular formula is C21H19NO5. The lowest BCUT2D eigenvalue weighted by Crippen LogP contribution is -2.20. The Kier molecular flexibility index (Phi) is 3.55. The first-order chi connectivity index (χ1) is 13.2. The van der Waals surface area contributed by atoms with E-state index in [0.29, 0.717) is 11.5 Å².